The summed E-state index contributed by atoms with van der Waals surface area (Å²) in [4.78, 5) is 39.7. The van der Waals surface area contributed by atoms with E-state index in [1.807, 2.05) is 35.2 Å². The molecule has 2 heterocycles. The molecule has 7 nitrogen and oxygen atoms in total. The number of alkyl halides is 3. The van der Waals surface area contributed by atoms with E-state index in [2.05, 4.69) is 9.97 Å². The molecule has 0 N–H and O–H groups in total. The van der Waals surface area contributed by atoms with Gasteiger partial charge in [-0.05, 0) is 37.1 Å². The number of amides is 2. The van der Waals surface area contributed by atoms with E-state index >= 15 is 0 Å². The van der Waals surface area contributed by atoms with Gasteiger partial charge in [0.05, 0.1) is 17.5 Å². The average Bonchev–Trinajstić information content (AvgIpc) is 2.93. The highest BCUT2D eigenvalue weighted by Crippen LogP contribution is 2.31. The Bertz CT molecular complexity index is 1230. The minimum absolute atomic E-state index is 0.0961. The molecule has 0 unspecified atom stereocenters. The first kappa shape index (κ1) is 27.1. The molecule has 4 rings (SSSR count). The van der Waals surface area contributed by atoms with Gasteiger partial charge in [-0.1, -0.05) is 36.4 Å². The molecule has 0 radical (unpaired) electrons. The Balaban J connectivity index is 1.35. The number of carbonyl (C=O) groups is 2. The van der Waals surface area contributed by atoms with Crippen molar-refractivity contribution >= 4 is 17.5 Å². The molecule has 200 valence electrons. The summed E-state index contributed by atoms with van der Waals surface area (Å²) in [6.45, 7) is 4.11. The number of benzene rings is 2. The molecular formula is C28H30F3N5O2. The summed E-state index contributed by atoms with van der Waals surface area (Å²) in [5.41, 5.74) is 1.82. The first-order chi connectivity index (χ1) is 18.2. The van der Waals surface area contributed by atoms with E-state index in [0.717, 1.165) is 17.7 Å². The van der Waals surface area contributed by atoms with Gasteiger partial charge in [0.25, 0.3) is 5.91 Å². The van der Waals surface area contributed by atoms with E-state index in [-0.39, 0.29) is 30.5 Å². The van der Waals surface area contributed by atoms with Crippen LogP contribution in [0.15, 0.2) is 67.0 Å². The van der Waals surface area contributed by atoms with Crippen molar-refractivity contribution in [2.75, 3.05) is 44.2 Å². The molecule has 10 heteroatoms. The quantitative estimate of drug-likeness (QED) is 0.440. The first-order valence-electron chi connectivity index (χ1n) is 12.5. The van der Waals surface area contributed by atoms with Crippen LogP contribution in [-0.4, -0.2) is 70.9 Å². The molecular weight excluding hydrogens is 495 g/mol. The molecule has 1 fully saturated rings. The third-order valence-corrected chi connectivity index (χ3v) is 6.57. The second kappa shape index (κ2) is 12.1. The number of hydrogen-bond donors (Lipinski definition) is 0. The van der Waals surface area contributed by atoms with Crippen molar-refractivity contribution in [1.82, 2.24) is 19.8 Å². The SMILES string of the molecule is Cc1cnc(C(=O)N(CCC(=O)N2CCN(c3cccc(C(F)(F)F)c3)CC2)CCc2ccccc2)cn1. The molecule has 1 saturated heterocycles. The number of nitrogens with zero attached hydrogens (tertiary/aromatic N) is 5. The molecule has 1 aliphatic rings. The number of halogens is 3. The lowest BCUT2D eigenvalue weighted by atomic mass is 10.1. The van der Waals surface area contributed by atoms with Crippen LogP contribution in [0.25, 0.3) is 0 Å². The van der Waals surface area contributed by atoms with E-state index in [1.54, 1.807) is 22.8 Å². The summed E-state index contributed by atoms with van der Waals surface area (Å²) in [5.74, 6) is -0.378. The highest BCUT2D eigenvalue weighted by molar-refractivity contribution is 5.92. The highest BCUT2D eigenvalue weighted by Gasteiger charge is 2.31. The van der Waals surface area contributed by atoms with E-state index in [9.17, 15) is 22.8 Å². The van der Waals surface area contributed by atoms with Crippen LogP contribution >= 0.6 is 0 Å². The number of hydrogen-bond acceptors (Lipinski definition) is 5. The minimum atomic E-state index is -4.40. The molecule has 2 amide bonds. The lowest BCUT2D eigenvalue weighted by Gasteiger charge is -2.36. The summed E-state index contributed by atoms with van der Waals surface area (Å²) < 4.78 is 39.2. The van der Waals surface area contributed by atoms with E-state index in [0.29, 0.717) is 50.5 Å². The lowest BCUT2D eigenvalue weighted by molar-refractivity contribution is -0.137. The van der Waals surface area contributed by atoms with Gasteiger partial charge in [0.2, 0.25) is 5.91 Å². The van der Waals surface area contributed by atoms with Crippen molar-refractivity contribution in [3.63, 3.8) is 0 Å². The molecule has 0 aliphatic carbocycles. The number of piperazine rings is 1. The third-order valence-electron chi connectivity index (χ3n) is 6.57. The summed E-state index contributed by atoms with van der Waals surface area (Å²) in [7, 11) is 0. The fraction of sp³-hybridized carbons (Fsp3) is 0.357. The van der Waals surface area contributed by atoms with Crippen LogP contribution in [0.4, 0.5) is 18.9 Å². The van der Waals surface area contributed by atoms with Crippen molar-refractivity contribution in [2.45, 2.75) is 25.9 Å². The van der Waals surface area contributed by atoms with E-state index in [4.69, 9.17) is 0 Å². The van der Waals surface area contributed by atoms with Gasteiger partial charge in [0, 0.05) is 57.6 Å². The Kier molecular flexibility index (Phi) is 8.60. The van der Waals surface area contributed by atoms with Crippen LogP contribution in [0.3, 0.4) is 0 Å². The van der Waals surface area contributed by atoms with Crippen molar-refractivity contribution in [1.29, 1.82) is 0 Å². The van der Waals surface area contributed by atoms with Gasteiger partial charge >= 0.3 is 6.18 Å². The van der Waals surface area contributed by atoms with Crippen LogP contribution < -0.4 is 4.90 Å². The fourth-order valence-corrected chi connectivity index (χ4v) is 4.37. The van der Waals surface area contributed by atoms with Gasteiger partial charge in [-0.2, -0.15) is 13.2 Å². The van der Waals surface area contributed by atoms with Crippen LogP contribution in [0.1, 0.15) is 33.7 Å². The second-order valence-corrected chi connectivity index (χ2v) is 9.24. The maximum absolute atomic E-state index is 13.2. The topological polar surface area (TPSA) is 69.6 Å². The molecule has 0 spiro atoms. The number of anilines is 1. The summed E-state index contributed by atoms with van der Waals surface area (Å²) >= 11 is 0. The van der Waals surface area contributed by atoms with Crippen LogP contribution in [0.2, 0.25) is 0 Å². The molecule has 1 aliphatic heterocycles. The number of aryl methyl sites for hydroxylation is 1. The van der Waals surface area contributed by atoms with Gasteiger partial charge in [-0.3, -0.25) is 14.6 Å². The molecule has 38 heavy (non-hydrogen) atoms. The van der Waals surface area contributed by atoms with Crippen molar-refractivity contribution < 1.29 is 22.8 Å². The van der Waals surface area contributed by atoms with E-state index < -0.39 is 11.7 Å². The molecule has 2 aromatic carbocycles. The molecule has 0 atom stereocenters. The Morgan fingerprint density at radius 1 is 0.921 bits per heavy atom. The molecule has 0 bridgehead atoms. The van der Waals surface area contributed by atoms with Gasteiger partial charge in [-0.25, -0.2) is 4.98 Å². The van der Waals surface area contributed by atoms with Gasteiger partial charge < -0.3 is 14.7 Å². The Morgan fingerprint density at radius 2 is 1.66 bits per heavy atom. The molecule has 1 aromatic heterocycles. The first-order valence-corrected chi connectivity index (χ1v) is 12.5. The minimum Gasteiger partial charge on any atom is -0.368 e. The van der Waals surface area contributed by atoms with Crippen molar-refractivity contribution in [3.05, 3.63) is 89.5 Å². The largest absolute Gasteiger partial charge is 0.416 e. The Morgan fingerprint density at radius 3 is 2.32 bits per heavy atom. The van der Waals surface area contributed by atoms with Crippen LogP contribution in [0.5, 0.6) is 0 Å². The van der Waals surface area contributed by atoms with Crippen LogP contribution in [0, 0.1) is 6.92 Å². The Labute approximate surface area is 219 Å². The van der Waals surface area contributed by atoms with Gasteiger partial charge in [0.1, 0.15) is 5.69 Å². The second-order valence-electron chi connectivity index (χ2n) is 9.24. The third kappa shape index (κ3) is 7.08. The van der Waals surface area contributed by atoms with Crippen molar-refractivity contribution in [2.24, 2.45) is 0 Å². The fourth-order valence-electron chi connectivity index (χ4n) is 4.37. The van der Waals surface area contributed by atoms with Crippen molar-refractivity contribution in [3.8, 4) is 0 Å². The number of rotatable bonds is 8. The zero-order valence-electron chi connectivity index (χ0n) is 21.2. The maximum atomic E-state index is 13.2. The standard InChI is InChI=1S/C28H30F3N5O2/c1-21-19-33-25(20-32-21)27(38)36(12-10-22-6-3-2-4-7-22)13-11-26(37)35-16-14-34(15-17-35)24-9-5-8-23(18-24)28(29,30)31/h2-9,18-20H,10-17H2,1H3. The number of aromatic nitrogens is 2. The van der Waals surface area contributed by atoms with Gasteiger partial charge in [0.15, 0.2) is 0 Å². The number of carbonyl (C=O) groups excluding carboxylic acids is 2. The zero-order chi connectivity index (χ0) is 27.1. The summed E-state index contributed by atoms with van der Waals surface area (Å²) in [6, 6.07) is 15.0. The average molecular weight is 526 g/mol. The van der Waals surface area contributed by atoms with Crippen LogP contribution in [-0.2, 0) is 17.4 Å². The predicted molar refractivity (Wildman–Crippen MR) is 138 cm³/mol. The smallest absolute Gasteiger partial charge is 0.368 e. The molecule has 0 saturated carbocycles. The van der Waals surface area contributed by atoms with Gasteiger partial charge in [-0.15, -0.1) is 0 Å². The predicted octanol–water partition coefficient (Wildman–Crippen LogP) is 4.23. The zero-order valence-corrected chi connectivity index (χ0v) is 21.2. The monoisotopic (exact) mass is 525 g/mol. The summed E-state index contributed by atoms with van der Waals surface area (Å²) in [6.07, 6.45) is -0.638. The van der Waals surface area contributed by atoms with E-state index in [1.165, 1.54) is 18.5 Å². The maximum Gasteiger partial charge on any atom is 0.416 e. The highest BCUT2D eigenvalue weighted by atomic mass is 19.4. The molecule has 3 aromatic rings. The Hall–Kier alpha value is -3.95. The lowest BCUT2D eigenvalue weighted by Crippen LogP contribution is -2.49. The summed E-state index contributed by atoms with van der Waals surface area (Å²) in [5, 5.41) is 0. The normalized spacial score (nSPS) is 13.9.